The van der Waals surface area contributed by atoms with E-state index in [4.69, 9.17) is 5.26 Å². The summed E-state index contributed by atoms with van der Waals surface area (Å²) in [6.07, 6.45) is 3.05. The maximum atomic E-state index is 11.1. The summed E-state index contributed by atoms with van der Waals surface area (Å²) >= 11 is 0. The average Bonchev–Trinajstić information content (AvgIpc) is 2.65. The van der Waals surface area contributed by atoms with Gasteiger partial charge in [0.1, 0.15) is 6.07 Å². The Morgan fingerprint density at radius 3 is 3.19 bits per heavy atom. The molecular formula is C10H5N5O. The predicted octanol–water partition coefficient (Wildman–Crippen LogP) is 0.442. The Morgan fingerprint density at radius 2 is 2.38 bits per heavy atom. The summed E-state index contributed by atoms with van der Waals surface area (Å²) in [7, 11) is 0. The molecule has 3 rings (SSSR count). The zero-order chi connectivity index (χ0) is 11.1. The van der Waals surface area contributed by atoms with Gasteiger partial charge in [-0.1, -0.05) is 0 Å². The van der Waals surface area contributed by atoms with Crippen molar-refractivity contribution in [3.8, 4) is 6.07 Å². The van der Waals surface area contributed by atoms with E-state index in [-0.39, 0.29) is 5.56 Å². The predicted molar refractivity (Wildman–Crippen MR) is 55.8 cm³/mol. The molecule has 6 heteroatoms. The monoisotopic (exact) mass is 211 g/mol. The highest BCUT2D eigenvalue weighted by atomic mass is 16.1. The molecule has 0 radical (unpaired) electrons. The first-order valence-corrected chi connectivity index (χ1v) is 4.55. The van der Waals surface area contributed by atoms with Crippen LogP contribution in [0.4, 0.5) is 0 Å². The van der Waals surface area contributed by atoms with Gasteiger partial charge in [-0.2, -0.15) is 10.2 Å². The number of aromatic nitrogens is 4. The first kappa shape index (κ1) is 8.61. The summed E-state index contributed by atoms with van der Waals surface area (Å²) < 4.78 is 1.69. The van der Waals surface area contributed by atoms with Gasteiger partial charge in [-0.15, -0.1) is 0 Å². The fraction of sp³-hybridized carbons (Fsp3) is 0. The zero-order valence-electron chi connectivity index (χ0n) is 8.01. The lowest BCUT2D eigenvalue weighted by atomic mass is 10.3. The number of rotatable bonds is 0. The lowest BCUT2D eigenvalue weighted by Crippen LogP contribution is -2.05. The number of pyridine rings is 1. The van der Waals surface area contributed by atoms with E-state index in [2.05, 4.69) is 15.0 Å². The van der Waals surface area contributed by atoms with Crippen LogP contribution in [0.1, 0.15) is 5.56 Å². The quantitative estimate of drug-likeness (QED) is 0.584. The van der Waals surface area contributed by atoms with Crippen molar-refractivity contribution in [3.63, 3.8) is 0 Å². The number of H-pyrrole nitrogens is 1. The highest BCUT2D eigenvalue weighted by Crippen LogP contribution is 2.13. The number of nitrogens with zero attached hydrogens (tertiary/aromatic N) is 4. The van der Waals surface area contributed by atoms with E-state index in [1.54, 1.807) is 16.7 Å². The van der Waals surface area contributed by atoms with E-state index in [0.29, 0.717) is 22.5 Å². The van der Waals surface area contributed by atoms with Gasteiger partial charge < -0.3 is 0 Å². The number of nitrogens with one attached hydrogen (secondary N) is 1. The van der Waals surface area contributed by atoms with Crippen LogP contribution in [0.2, 0.25) is 0 Å². The molecule has 0 saturated carbocycles. The van der Waals surface area contributed by atoms with Gasteiger partial charge in [0.2, 0.25) is 5.78 Å². The minimum absolute atomic E-state index is 0.219. The summed E-state index contributed by atoms with van der Waals surface area (Å²) in [6, 6.07) is 5.09. The number of aromatic amines is 1. The fourth-order valence-corrected chi connectivity index (χ4v) is 1.57. The third-order valence-electron chi connectivity index (χ3n) is 2.29. The molecule has 3 aromatic rings. The lowest BCUT2D eigenvalue weighted by Gasteiger charge is -1.93. The maximum absolute atomic E-state index is 11.1. The van der Waals surface area contributed by atoms with E-state index in [0.717, 1.165) is 0 Å². The average molecular weight is 211 g/mol. The largest absolute Gasteiger partial charge is 0.292 e. The number of hydrogen-bond acceptors (Lipinski definition) is 4. The van der Waals surface area contributed by atoms with Crippen molar-refractivity contribution in [1.82, 2.24) is 19.4 Å². The van der Waals surface area contributed by atoms with Gasteiger partial charge >= 0.3 is 0 Å². The molecule has 6 nitrogen and oxygen atoms in total. The summed E-state index contributed by atoms with van der Waals surface area (Å²) in [4.78, 5) is 21.9. The molecule has 0 aromatic carbocycles. The molecule has 0 fully saturated rings. The molecule has 76 valence electrons. The van der Waals surface area contributed by atoms with Gasteiger partial charge in [-0.05, 0) is 6.07 Å². The molecule has 16 heavy (non-hydrogen) atoms. The van der Waals surface area contributed by atoms with E-state index in [1.165, 1.54) is 12.3 Å². The number of fused-ring (bicyclic) bond motifs is 3. The van der Waals surface area contributed by atoms with Crippen molar-refractivity contribution in [2.24, 2.45) is 0 Å². The van der Waals surface area contributed by atoms with Crippen LogP contribution in [0.3, 0.4) is 0 Å². The summed E-state index contributed by atoms with van der Waals surface area (Å²) in [5.74, 6) is 0.421. The van der Waals surface area contributed by atoms with Crippen LogP contribution < -0.4 is 5.56 Å². The topological polar surface area (TPSA) is 86.8 Å². The van der Waals surface area contributed by atoms with Gasteiger partial charge in [0.25, 0.3) is 5.56 Å². The number of nitriles is 1. The molecular weight excluding hydrogens is 206 g/mol. The van der Waals surface area contributed by atoms with Crippen molar-refractivity contribution >= 4 is 16.9 Å². The van der Waals surface area contributed by atoms with Gasteiger partial charge in [-0.3, -0.25) is 14.2 Å². The Labute approximate surface area is 88.8 Å². The molecule has 0 bridgehead atoms. The van der Waals surface area contributed by atoms with Crippen LogP contribution >= 0.6 is 0 Å². The number of imidazole rings is 1. The standard InChI is InChI=1S/C10H5N5O/c11-4-6-3-7-9(12-5-6)14-10-13-8(16)1-2-15(7)10/h1-3,5H,(H,12,13,14,16). The number of hydrogen-bond donors (Lipinski definition) is 1. The fourth-order valence-electron chi connectivity index (χ4n) is 1.57. The second-order valence-corrected chi connectivity index (χ2v) is 3.29. The van der Waals surface area contributed by atoms with Gasteiger partial charge in [0, 0.05) is 18.5 Å². The smallest absolute Gasteiger partial charge is 0.252 e. The second kappa shape index (κ2) is 2.90. The minimum atomic E-state index is -0.219. The van der Waals surface area contributed by atoms with Crippen LogP contribution in [0.25, 0.3) is 16.9 Å². The highest BCUT2D eigenvalue weighted by molar-refractivity contribution is 5.76. The Kier molecular flexibility index (Phi) is 1.56. The van der Waals surface area contributed by atoms with Crippen LogP contribution in [-0.2, 0) is 0 Å². The molecule has 0 amide bonds. The zero-order valence-corrected chi connectivity index (χ0v) is 8.01. The first-order valence-electron chi connectivity index (χ1n) is 4.55. The molecule has 3 aromatic heterocycles. The van der Waals surface area contributed by atoms with Crippen LogP contribution in [0.5, 0.6) is 0 Å². The van der Waals surface area contributed by atoms with Gasteiger partial charge in [-0.25, -0.2) is 4.98 Å². The summed E-state index contributed by atoms with van der Waals surface area (Å²) in [5, 5.41) is 8.77. The van der Waals surface area contributed by atoms with E-state index >= 15 is 0 Å². The molecule has 0 aliphatic carbocycles. The van der Waals surface area contributed by atoms with E-state index in [1.807, 2.05) is 6.07 Å². The second-order valence-electron chi connectivity index (χ2n) is 3.29. The summed E-state index contributed by atoms with van der Waals surface area (Å²) in [5.41, 5.74) is 1.44. The van der Waals surface area contributed by atoms with E-state index < -0.39 is 0 Å². The molecule has 0 spiro atoms. The van der Waals surface area contributed by atoms with Crippen molar-refractivity contribution in [3.05, 3.63) is 40.4 Å². The van der Waals surface area contributed by atoms with E-state index in [9.17, 15) is 4.79 Å². The molecule has 0 unspecified atom stereocenters. The molecule has 0 aliphatic heterocycles. The van der Waals surface area contributed by atoms with Crippen LogP contribution in [-0.4, -0.2) is 19.4 Å². The van der Waals surface area contributed by atoms with Crippen molar-refractivity contribution in [2.45, 2.75) is 0 Å². The van der Waals surface area contributed by atoms with Crippen LogP contribution in [0, 0.1) is 11.3 Å². The Bertz CT molecular complexity index is 792. The summed E-state index contributed by atoms with van der Waals surface area (Å²) in [6.45, 7) is 0. The van der Waals surface area contributed by atoms with Crippen molar-refractivity contribution < 1.29 is 0 Å². The lowest BCUT2D eigenvalue weighted by molar-refractivity contribution is 1.10. The normalized spacial score (nSPS) is 10.7. The third-order valence-corrected chi connectivity index (χ3v) is 2.29. The third kappa shape index (κ3) is 1.09. The Balaban J connectivity index is 2.53. The maximum Gasteiger partial charge on any atom is 0.252 e. The van der Waals surface area contributed by atoms with Gasteiger partial charge in [0.15, 0.2) is 5.65 Å². The molecule has 3 heterocycles. The minimum Gasteiger partial charge on any atom is -0.292 e. The van der Waals surface area contributed by atoms with Gasteiger partial charge in [0.05, 0.1) is 11.1 Å². The first-order chi connectivity index (χ1) is 7.78. The molecule has 0 atom stereocenters. The molecule has 0 saturated heterocycles. The Hall–Kier alpha value is -2.68. The SMILES string of the molecule is N#Cc1cnc2nc3[nH]c(=O)ccn3c2c1. The molecule has 1 N–H and O–H groups in total. The van der Waals surface area contributed by atoms with Crippen LogP contribution in [0.15, 0.2) is 29.3 Å². The molecule has 0 aliphatic rings. The highest BCUT2D eigenvalue weighted by Gasteiger charge is 2.06. The Morgan fingerprint density at radius 1 is 1.50 bits per heavy atom. The van der Waals surface area contributed by atoms with Crippen molar-refractivity contribution in [2.75, 3.05) is 0 Å². The van der Waals surface area contributed by atoms with Crippen molar-refractivity contribution in [1.29, 1.82) is 5.26 Å².